The van der Waals surface area contributed by atoms with E-state index in [0.29, 0.717) is 23.3 Å². The van der Waals surface area contributed by atoms with Crippen molar-refractivity contribution >= 4 is 23.4 Å². The van der Waals surface area contributed by atoms with E-state index in [-0.39, 0.29) is 18.6 Å². The molecule has 0 spiro atoms. The van der Waals surface area contributed by atoms with Gasteiger partial charge in [0.15, 0.2) is 0 Å². The summed E-state index contributed by atoms with van der Waals surface area (Å²) >= 11 is 6.25. The predicted octanol–water partition coefficient (Wildman–Crippen LogP) is 4.23. The Morgan fingerprint density at radius 1 is 1.11 bits per heavy atom. The molecule has 6 nitrogen and oxygen atoms in total. The number of nitrogens with zero attached hydrogens (tertiary/aromatic N) is 3. The first-order chi connectivity index (χ1) is 13.6. The summed E-state index contributed by atoms with van der Waals surface area (Å²) in [7, 11) is 0. The monoisotopic (exact) mass is 397 g/mol. The summed E-state index contributed by atoms with van der Waals surface area (Å²) in [6.07, 6.45) is 3.48. The first-order valence-corrected chi connectivity index (χ1v) is 9.58. The second-order valence-corrected chi connectivity index (χ2v) is 7.23. The topological polar surface area (TPSA) is 83.0 Å². The molecular formula is C21H24ClN5O. The fourth-order valence-electron chi connectivity index (χ4n) is 2.68. The van der Waals surface area contributed by atoms with E-state index in [2.05, 4.69) is 25.6 Å². The highest BCUT2D eigenvalue weighted by Gasteiger charge is 2.15. The zero-order valence-corrected chi connectivity index (χ0v) is 16.7. The third kappa shape index (κ3) is 5.18. The van der Waals surface area contributed by atoms with Crippen molar-refractivity contribution in [1.29, 1.82) is 0 Å². The Balaban J connectivity index is 1.89. The van der Waals surface area contributed by atoms with E-state index in [1.807, 2.05) is 56.3 Å². The van der Waals surface area contributed by atoms with Crippen molar-refractivity contribution in [3.63, 3.8) is 0 Å². The number of aromatic nitrogens is 3. The Hall–Kier alpha value is -2.70. The molecule has 0 unspecified atom stereocenters. The van der Waals surface area contributed by atoms with Crippen LogP contribution in [0.15, 0.2) is 54.9 Å². The maximum Gasteiger partial charge on any atom is 0.225 e. The van der Waals surface area contributed by atoms with Crippen LogP contribution in [0.2, 0.25) is 5.02 Å². The zero-order chi connectivity index (χ0) is 19.9. The molecule has 2 aromatic heterocycles. The number of aliphatic hydroxyl groups excluding tert-OH is 1. The van der Waals surface area contributed by atoms with Crippen LogP contribution in [0.3, 0.4) is 0 Å². The van der Waals surface area contributed by atoms with Crippen LogP contribution in [0, 0.1) is 5.92 Å². The lowest BCUT2D eigenvalue weighted by Gasteiger charge is -2.20. The predicted molar refractivity (Wildman–Crippen MR) is 113 cm³/mol. The molecule has 3 N–H and O–H groups in total. The molecule has 0 aliphatic rings. The molecule has 0 saturated carbocycles. The van der Waals surface area contributed by atoms with Crippen molar-refractivity contribution in [3.8, 4) is 11.3 Å². The number of hydrogen-bond acceptors (Lipinski definition) is 6. The molecule has 1 atom stereocenters. The lowest BCUT2D eigenvalue weighted by atomic mass is 10.1. The van der Waals surface area contributed by atoms with Gasteiger partial charge in [-0.1, -0.05) is 43.6 Å². The quantitative estimate of drug-likeness (QED) is 0.527. The number of aliphatic hydroxyl groups is 1. The Morgan fingerprint density at radius 2 is 1.93 bits per heavy atom. The van der Waals surface area contributed by atoms with Gasteiger partial charge in [0.25, 0.3) is 0 Å². The number of halogens is 1. The Bertz CT molecular complexity index is 904. The van der Waals surface area contributed by atoms with Crippen molar-refractivity contribution in [1.82, 2.24) is 15.0 Å². The summed E-state index contributed by atoms with van der Waals surface area (Å²) in [5, 5.41) is 16.9. The van der Waals surface area contributed by atoms with Gasteiger partial charge in [-0.25, -0.2) is 4.98 Å². The second kappa shape index (κ2) is 9.48. The zero-order valence-electron chi connectivity index (χ0n) is 15.9. The summed E-state index contributed by atoms with van der Waals surface area (Å²) in [5.74, 6) is 1.35. The molecule has 1 aromatic carbocycles. The van der Waals surface area contributed by atoms with Gasteiger partial charge in [-0.2, -0.15) is 4.98 Å². The molecule has 0 fully saturated rings. The fourth-order valence-corrected chi connectivity index (χ4v) is 2.88. The average molecular weight is 398 g/mol. The third-order valence-corrected chi connectivity index (χ3v) is 4.79. The fraction of sp³-hybridized carbons (Fsp3) is 0.286. The van der Waals surface area contributed by atoms with Gasteiger partial charge in [0.05, 0.1) is 18.3 Å². The minimum absolute atomic E-state index is 0.000528. The molecule has 7 heteroatoms. The largest absolute Gasteiger partial charge is 0.394 e. The first-order valence-electron chi connectivity index (χ1n) is 9.21. The highest BCUT2D eigenvalue weighted by atomic mass is 35.5. The number of anilines is 2. The van der Waals surface area contributed by atoms with E-state index in [1.54, 1.807) is 12.4 Å². The van der Waals surface area contributed by atoms with Crippen LogP contribution in [0.5, 0.6) is 0 Å². The van der Waals surface area contributed by atoms with Crippen LogP contribution >= 0.6 is 11.6 Å². The van der Waals surface area contributed by atoms with Gasteiger partial charge in [-0.3, -0.25) is 4.98 Å². The Labute approximate surface area is 170 Å². The summed E-state index contributed by atoms with van der Waals surface area (Å²) < 4.78 is 0. The highest BCUT2D eigenvalue weighted by Crippen LogP contribution is 2.23. The van der Waals surface area contributed by atoms with Gasteiger partial charge in [-0.15, -0.1) is 0 Å². The average Bonchev–Trinajstić information content (AvgIpc) is 2.71. The third-order valence-electron chi connectivity index (χ3n) is 4.42. The summed E-state index contributed by atoms with van der Waals surface area (Å²) in [6, 6.07) is 13.2. The van der Waals surface area contributed by atoms with Gasteiger partial charge < -0.3 is 15.7 Å². The summed E-state index contributed by atoms with van der Waals surface area (Å²) in [6.45, 7) is 4.61. The minimum Gasteiger partial charge on any atom is -0.394 e. The van der Waals surface area contributed by atoms with Crippen LogP contribution in [0.25, 0.3) is 11.3 Å². The van der Waals surface area contributed by atoms with E-state index in [4.69, 9.17) is 11.6 Å². The van der Waals surface area contributed by atoms with E-state index in [1.165, 1.54) is 0 Å². The maximum atomic E-state index is 9.64. The van der Waals surface area contributed by atoms with Crippen LogP contribution in [-0.2, 0) is 6.54 Å². The molecule has 3 rings (SSSR count). The van der Waals surface area contributed by atoms with E-state index < -0.39 is 0 Å². The maximum absolute atomic E-state index is 9.64. The van der Waals surface area contributed by atoms with Crippen molar-refractivity contribution < 1.29 is 5.11 Å². The Kier molecular flexibility index (Phi) is 6.79. The second-order valence-electron chi connectivity index (χ2n) is 6.83. The summed E-state index contributed by atoms with van der Waals surface area (Å²) in [4.78, 5) is 13.3. The normalized spacial score (nSPS) is 12.0. The minimum atomic E-state index is -0.138. The van der Waals surface area contributed by atoms with Gasteiger partial charge in [0.1, 0.15) is 5.82 Å². The van der Waals surface area contributed by atoms with Gasteiger partial charge in [-0.05, 0) is 29.7 Å². The smallest absolute Gasteiger partial charge is 0.225 e. The molecule has 0 radical (unpaired) electrons. The molecule has 2 heterocycles. The number of pyridine rings is 1. The molecule has 0 aliphatic heterocycles. The van der Waals surface area contributed by atoms with Gasteiger partial charge >= 0.3 is 0 Å². The van der Waals surface area contributed by atoms with Crippen LogP contribution < -0.4 is 10.6 Å². The molecule has 146 valence electrons. The summed E-state index contributed by atoms with van der Waals surface area (Å²) in [5.41, 5.74) is 2.61. The first kappa shape index (κ1) is 20.0. The van der Waals surface area contributed by atoms with Crippen LogP contribution in [-0.4, -0.2) is 32.7 Å². The molecule has 0 aliphatic carbocycles. The van der Waals surface area contributed by atoms with Gasteiger partial charge in [0, 0.05) is 35.6 Å². The lowest BCUT2D eigenvalue weighted by Crippen LogP contribution is -2.30. The molecule has 0 saturated heterocycles. The standard InChI is InChI=1S/C21H24ClN5O/c1-14(2)19(13-28)26-21-25-18(16-7-5-9-23-11-16)10-20(27-21)24-12-15-6-3-4-8-17(15)22/h3-11,14,19,28H,12-13H2,1-2H3,(H2,24,25,26,27)/t19-/m1/s1. The number of benzene rings is 1. The molecule has 3 aromatic rings. The van der Waals surface area contributed by atoms with Crippen molar-refractivity contribution in [2.24, 2.45) is 5.92 Å². The van der Waals surface area contributed by atoms with Crippen molar-refractivity contribution in [2.75, 3.05) is 17.2 Å². The van der Waals surface area contributed by atoms with E-state index in [9.17, 15) is 5.11 Å². The molecular weight excluding hydrogens is 374 g/mol. The molecule has 28 heavy (non-hydrogen) atoms. The SMILES string of the molecule is CC(C)[C@@H](CO)Nc1nc(NCc2ccccc2Cl)cc(-c2cccnc2)n1. The van der Waals surface area contributed by atoms with Crippen LogP contribution in [0.1, 0.15) is 19.4 Å². The highest BCUT2D eigenvalue weighted by molar-refractivity contribution is 6.31. The number of hydrogen-bond donors (Lipinski definition) is 3. The Morgan fingerprint density at radius 3 is 2.61 bits per heavy atom. The van der Waals surface area contributed by atoms with Crippen molar-refractivity contribution in [3.05, 3.63) is 65.4 Å². The van der Waals surface area contributed by atoms with E-state index >= 15 is 0 Å². The molecule has 0 amide bonds. The van der Waals surface area contributed by atoms with Gasteiger partial charge in [0.2, 0.25) is 5.95 Å². The molecule has 0 bridgehead atoms. The van der Waals surface area contributed by atoms with E-state index in [0.717, 1.165) is 16.8 Å². The number of rotatable bonds is 8. The lowest BCUT2D eigenvalue weighted by molar-refractivity contribution is 0.248. The van der Waals surface area contributed by atoms with Crippen LogP contribution in [0.4, 0.5) is 11.8 Å². The van der Waals surface area contributed by atoms with Crippen molar-refractivity contribution in [2.45, 2.75) is 26.4 Å². The number of nitrogens with one attached hydrogen (secondary N) is 2.